The number of benzene rings is 2. The molecular formula is C25H31ClN2O5S. The van der Waals surface area contributed by atoms with Crippen LogP contribution in [0.15, 0.2) is 41.3 Å². The summed E-state index contributed by atoms with van der Waals surface area (Å²) in [5, 5.41) is 3.36. The van der Waals surface area contributed by atoms with Crippen molar-refractivity contribution >= 4 is 33.2 Å². The SMILES string of the molecule is COc1cc(OC)c(N(C)S(=O)(=O)c2cccc(C(=O)N[C@@H](C)[C@@H]3C[C@@H]4CC[C@@H]3C4)c2)cc1Cl. The molecule has 2 fully saturated rings. The van der Waals surface area contributed by atoms with Gasteiger partial charge in [0.15, 0.2) is 0 Å². The zero-order valence-corrected chi connectivity index (χ0v) is 21.4. The van der Waals surface area contributed by atoms with Crippen LogP contribution >= 0.6 is 11.6 Å². The van der Waals surface area contributed by atoms with E-state index in [1.54, 1.807) is 12.1 Å². The number of nitrogens with one attached hydrogen (secondary N) is 1. The number of sulfonamides is 1. The molecule has 0 radical (unpaired) electrons. The van der Waals surface area contributed by atoms with Gasteiger partial charge in [-0.15, -0.1) is 0 Å². The van der Waals surface area contributed by atoms with Crippen molar-refractivity contribution in [1.29, 1.82) is 0 Å². The van der Waals surface area contributed by atoms with E-state index >= 15 is 0 Å². The molecule has 0 aromatic heterocycles. The maximum absolute atomic E-state index is 13.4. The molecule has 2 bridgehead atoms. The molecular weight excluding hydrogens is 476 g/mol. The van der Waals surface area contributed by atoms with Crippen LogP contribution < -0.4 is 19.1 Å². The smallest absolute Gasteiger partial charge is 0.264 e. The average molecular weight is 507 g/mol. The van der Waals surface area contributed by atoms with Crippen LogP contribution in [0.5, 0.6) is 11.5 Å². The number of fused-ring (bicyclic) bond motifs is 2. The van der Waals surface area contributed by atoms with Crippen molar-refractivity contribution in [2.24, 2.45) is 17.8 Å². The first-order valence-electron chi connectivity index (χ1n) is 11.5. The van der Waals surface area contributed by atoms with Gasteiger partial charge in [0.25, 0.3) is 15.9 Å². The van der Waals surface area contributed by atoms with Crippen LogP contribution in [-0.2, 0) is 10.0 Å². The second-order valence-corrected chi connectivity index (χ2v) is 11.6. The average Bonchev–Trinajstić information content (AvgIpc) is 3.47. The first-order valence-corrected chi connectivity index (χ1v) is 13.3. The Bertz CT molecular complexity index is 1190. The lowest BCUT2D eigenvalue weighted by atomic mass is 9.84. The third kappa shape index (κ3) is 4.58. The van der Waals surface area contributed by atoms with E-state index in [2.05, 4.69) is 12.2 Å². The number of methoxy groups -OCH3 is 2. The van der Waals surface area contributed by atoms with Gasteiger partial charge in [-0.3, -0.25) is 9.10 Å². The molecule has 2 aliphatic rings. The van der Waals surface area contributed by atoms with Gasteiger partial charge in [0.1, 0.15) is 11.5 Å². The van der Waals surface area contributed by atoms with Crippen LogP contribution in [0.1, 0.15) is 43.0 Å². The number of hydrogen-bond acceptors (Lipinski definition) is 5. The molecule has 0 spiro atoms. The Morgan fingerprint density at radius 2 is 1.85 bits per heavy atom. The monoisotopic (exact) mass is 506 g/mol. The van der Waals surface area contributed by atoms with E-state index in [4.69, 9.17) is 21.1 Å². The molecule has 0 unspecified atom stereocenters. The number of amides is 1. The molecule has 4 atom stereocenters. The van der Waals surface area contributed by atoms with Gasteiger partial charge in [-0.1, -0.05) is 24.1 Å². The second kappa shape index (κ2) is 9.66. The molecule has 184 valence electrons. The summed E-state index contributed by atoms with van der Waals surface area (Å²) in [6.45, 7) is 2.05. The first-order chi connectivity index (χ1) is 16.1. The van der Waals surface area contributed by atoms with Crippen molar-refractivity contribution < 1.29 is 22.7 Å². The van der Waals surface area contributed by atoms with Crippen LogP contribution in [0.4, 0.5) is 5.69 Å². The predicted octanol–water partition coefficient (Wildman–Crippen LogP) is 4.74. The van der Waals surface area contributed by atoms with Crippen molar-refractivity contribution in [2.45, 2.75) is 43.5 Å². The van der Waals surface area contributed by atoms with Gasteiger partial charge in [0, 0.05) is 24.7 Å². The highest BCUT2D eigenvalue weighted by molar-refractivity contribution is 7.92. The standard InChI is InChI=1S/C25H31ClN2O5S/c1-15(20-11-16-8-9-17(20)10-16)27-25(29)18-6-5-7-19(12-18)34(30,31)28(2)22-13-21(26)23(32-3)14-24(22)33-4/h5-7,12-17,20H,8-11H2,1-4H3,(H,27,29)/t15-,16+,17+,20-/m0/s1. The lowest BCUT2D eigenvalue weighted by Gasteiger charge is -2.28. The summed E-state index contributed by atoms with van der Waals surface area (Å²) in [4.78, 5) is 13.0. The summed E-state index contributed by atoms with van der Waals surface area (Å²) < 4.78 is 38.5. The molecule has 2 aromatic rings. The summed E-state index contributed by atoms with van der Waals surface area (Å²) in [7, 11) is 0.330. The molecule has 1 N–H and O–H groups in total. The lowest BCUT2D eigenvalue weighted by molar-refractivity contribution is 0.0915. The first kappa shape index (κ1) is 24.7. The minimum absolute atomic E-state index is 0.00391. The Labute approximate surface area is 206 Å². The van der Waals surface area contributed by atoms with Crippen LogP contribution in [0.3, 0.4) is 0 Å². The van der Waals surface area contributed by atoms with Crippen LogP contribution in [0, 0.1) is 17.8 Å². The summed E-state index contributed by atoms with van der Waals surface area (Å²) in [6, 6.07) is 9.15. The molecule has 7 nitrogen and oxygen atoms in total. The van der Waals surface area contributed by atoms with E-state index in [9.17, 15) is 13.2 Å². The summed E-state index contributed by atoms with van der Waals surface area (Å²) in [6.07, 6.45) is 4.98. The van der Waals surface area contributed by atoms with E-state index in [0.29, 0.717) is 28.9 Å². The lowest BCUT2D eigenvalue weighted by Crippen LogP contribution is -2.40. The fourth-order valence-corrected chi connectivity index (χ4v) is 6.96. The number of ether oxygens (including phenoxy) is 2. The highest BCUT2D eigenvalue weighted by Crippen LogP contribution is 2.49. The van der Waals surface area contributed by atoms with Gasteiger partial charge in [-0.25, -0.2) is 8.42 Å². The van der Waals surface area contributed by atoms with Gasteiger partial charge in [0.05, 0.1) is 29.8 Å². The zero-order valence-electron chi connectivity index (χ0n) is 19.9. The van der Waals surface area contributed by atoms with Crippen molar-refractivity contribution in [3.05, 3.63) is 47.0 Å². The fourth-order valence-electron chi connectivity index (χ4n) is 5.48. The molecule has 9 heteroatoms. The van der Waals surface area contributed by atoms with Gasteiger partial charge in [-0.2, -0.15) is 0 Å². The summed E-state index contributed by atoms with van der Waals surface area (Å²) in [5.74, 6) is 2.37. The van der Waals surface area contributed by atoms with E-state index in [1.807, 2.05) is 0 Å². The molecule has 0 heterocycles. The largest absolute Gasteiger partial charge is 0.495 e. The molecule has 0 saturated heterocycles. The number of hydrogen-bond donors (Lipinski definition) is 1. The Kier molecular flexibility index (Phi) is 7.01. The maximum atomic E-state index is 13.4. The molecule has 4 rings (SSSR count). The Morgan fingerprint density at radius 1 is 1.12 bits per heavy atom. The minimum Gasteiger partial charge on any atom is -0.495 e. The number of carbonyl (C=O) groups is 1. The van der Waals surface area contributed by atoms with Crippen molar-refractivity contribution in [2.75, 3.05) is 25.6 Å². The van der Waals surface area contributed by atoms with Crippen LogP contribution in [0.2, 0.25) is 5.02 Å². The highest BCUT2D eigenvalue weighted by Gasteiger charge is 2.42. The number of halogens is 1. The second-order valence-electron chi connectivity index (χ2n) is 9.26. The normalized spacial score (nSPS) is 22.3. The molecule has 34 heavy (non-hydrogen) atoms. The van der Waals surface area contributed by atoms with E-state index < -0.39 is 10.0 Å². The van der Waals surface area contributed by atoms with Crippen molar-refractivity contribution in [3.8, 4) is 11.5 Å². The number of nitrogens with zero attached hydrogens (tertiary/aromatic N) is 1. The molecule has 0 aliphatic heterocycles. The van der Waals surface area contributed by atoms with Gasteiger partial charge >= 0.3 is 0 Å². The third-order valence-electron chi connectivity index (χ3n) is 7.34. The van der Waals surface area contributed by atoms with Gasteiger partial charge in [0.2, 0.25) is 0 Å². The minimum atomic E-state index is -3.99. The van der Waals surface area contributed by atoms with Gasteiger partial charge < -0.3 is 14.8 Å². The van der Waals surface area contributed by atoms with Crippen molar-refractivity contribution in [3.63, 3.8) is 0 Å². The topological polar surface area (TPSA) is 84.9 Å². The fraction of sp³-hybridized carbons (Fsp3) is 0.480. The maximum Gasteiger partial charge on any atom is 0.264 e. The number of anilines is 1. The van der Waals surface area contributed by atoms with Crippen LogP contribution in [-0.4, -0.2) is 41.6 Å². The summed E-state index contributed by atoms with van der Waals surface area (Å²) >= 11 is 6.24. The summed E-state index contributed by atoms with van der Waals surface area (Å²) in [5.41, 5.74) is 0.567. The Hall–Kier alpha value is -2.45. The Balaban J connectivity index is 1.55. The van der Waals surface area contributed by atoms with E-state index in [0.717, 1.165) is 16.6 Å². The van der Waals surface area contributed by atoms with Crippen molar-refractivity contribution in [1.82, 2.24) is 5.32 Å². The quantitative estimate of drug-likeness (QED) is 0.559. The molecule has 2 aliphatic carbocycles. The molecule has 2 aromatic carbocycles. The van der Waals surface area contributed by atoms with E-state index in [1.165, 1.54) is 64.8 Å². The van der Waals surface area contributed by atoms with E-state index in [-0.39, 0.29) is 27.6 Å². The molecule has 2 saturated carbocycles. The Morgan fingerprint density at radius 3 is 2.47 bits per heavy atom. The number of carbonyl (C=O) groups excluding carboxylic acids is 1. The third-order valence-corrected chi connectivity index (χ3v) is 9.40. The molecule has 1 amide bonds. The zero-order chi connectivity index (χ0) is 24.6. The van der Waals surface area contributed by atoms with Crippen LogP contribution in [0.25, 0.3) is 0 Å². The predicted molar refractivity (Wildman–Crippen MR) is 132 cm³/mol. The number of rotatable bonds is 8. The highest BCUT2D eigenvalue weighted by atomic mass is 35.5. The van der Waals surface area contributed by atoms with Gasteiger partial charge in [-0.05, 0) is 68.2 Å².